The van der Waals surface area contributed by atoms with Crippen molar-refractivity contribution in [2.24, 2.45) is 0 Å². The SMILES string of the molecule is CCN1CCC(C)(Oc2cccc3c2NCC3)CC1. The molecule has 3 rings (SSSR count). The van der Waals surface area contributed by atoms with Crippen molar-refractivity contribution in [2.45, 2.75) is 38.7 Å². The van der Waals surface area contributed by atoms with Gasteiger partial charge in [0, 0.05) is 19.6 Å². The fraction of sp³-hybridized carbons (Fsp3) is 0.625. The maximum atomic E-state index is 6.39. The Labute approximate surface area is 115 Å². The average Bonchev–Trinajstić information content (AvgIpc) is 2.89. The highest BCUT2D eigenvalue weighted by molar-refractivity contribution is 5.65. The molecule has 1 N–H and O–H groups in total. The van der Waals surface area contributed by atoms with Gasteiger partial charge >= 0.3 is 0 Å². The van der Waals surface area contributed by atoms with Crippen LogP contribution in [0.5, 0.6) is 5.75 Å². The van der Waals surface area contributed by atoms with Gasteiger partial charge in [-0.2, -0.15) is 0 Å². The van der Waals surface area contributed by atoms with E-state index in [4.69, 9.17) is 4.74 Å². The van der Waals surface area contributed by atoms with E-state index in [1.807, 2.05) is 0 Å². The lowest BCUT2D eigenvalue weighted by Crippen LogP contribution is -2.45. The zero-order valence-corrected chi connectivity index (χ0v) is 12.0. The minimum atomic E-state index is -0.00887. The number of nitrogens with one attached hydrogen (secondary N) is 1. The number of likely N-dealkylation sites (tertiary alicyclic amines) is 1. The molecule has 2 aliphatic heterocycles. The highest BCUT2D eigenvalue weighted by Crippen LogP contribution is 2.37. The van der Waals surface area contributed by atoms with Crippen molar-refractivity contribution < 1.29 is 4.74 Å². The summed E-state index contributed by atoms with van der Waals surface area (Å²) in [5.41, 5.74) is 2.61. The first kappa shape index (κ1) is 12.8. The maximum absolute atomic E-state index is 6.39. The molecule has 2 heterocycles. The van der Waals surface area contributed by atoms with E-state index in [1.165, 1.54) is 11.3 Å². The standard InChI is InChI=1S/C16H24N2O/c1-3-18-11-8-16(2,9-12-18)19-14-6-4-5-13-7-10-17-15(13)14/h4-6,17H,3,7-12H2,1-2H3. The molecule has 1 saturated heterocycles. The molecule has 0 bridgehead atoms. The van der Waals surface area contributed by atoms with Gasteiger partial charge in [-0.3, -0.25) is 0 Å². The molecule has 1 fully saturated rings. The normalized spacial score (nSPS) is 21.8. The number of rotatable bonds is 3. The van der Waals surface area contributed by atoms with Crippen LogP contribution in [0.1, 0.15) is 32.3 Å². The summed E-state index contributed by atoms with van der Waals surface area (Å²) in [7, 11) is 0. The number of fused-ring (bicyclic) bond motifs is 1. The second-order valence-electron chi connectivity index (χ2n) is 5.95. The molecule has 19 heavy (non-hydrogen) atoms. The molecule has 0 atom stereocenters. The lowest BCUT2D eigenvalue weighted by Gasteiger charge is -2.39. The van der Waals surface area contributed by atoms with Crippen LogP contribution in [-0.4, -0.2) is 36.7 Å². The summed E-state index contributed by atoms with van der Waals surface area (Å²) < 4.78 is 6.39. The predicted molar refractivity (Wildman–Crippen MR) is 79.0 cm³/mol. The van der Waals surface area contributed by atoms with Crippen molar-refractivity contribution in [1.29, 1.82) is 0 Å². The van der Waals surface area contributed by atoms with Gasteiger partial charge in [0.05, 0.1) is 5.69 Å². The Balaban J connectivity index is 1.73. The number of nitrogens with zero attached hydrogens (tertiary/aromatic N) is 1. The van der Waals surface area contributed by atoms with Crippen LogP contribution < -0.4 is 10.1 Å². The Morgan fingerprint density at radius 3 is 2.84 bits per heavy atom. The van der Waals surface area contributed by atoms with Crippen molar-refractivity contribution in [3.8, 4) is 5.75 Å². The first-order valence-corrected chi connectivity index (χ1v) is 7.47. The highest BCUT2D eigenvalue weighted by atomic mass is 16.5. The van der Waals surface area contributed by atoms with Gasteiger partial charge in [-0.1, -0.05) is 19.1 Å². The Bertz CT molecular complexity index is 450. The summed E-state index contributed by atoms with van der Waals surface area (Å²) in [5, 5.41) is 3.46. The first-order valence-electron chi connectivity index (χ1n) is 7.47. The average molecular weight is 260 g/mol. The van der Waals surface area contributed by atoms with Crippen molar-refractivity contribution in [3.63, 3.8) is 0 Å². The molecular weight excluding hydrogens is 236 g/mol. The minimum absolute atomic E-state index is 0.00887. The Morgan fingerprint density at radius 2 is 2.11 bits per heavy atom. The molecule has 3 heteroatoms. The number of hydrogen-bond acceptors (Lipinski definition) is 3. The summed E-state index contributed by atoms with van der Waals surface area (Å²) in [6.45, 7) is 8.98. The molecule has 0 unspecified atom stereocenters. The molecule has 0 aromatic heterocycles. The van der Waals surface area contributed by atoms with Crippen molar-refractivity contribution >= 4 is 5.69 Å². The van der Waals surface area contributed by atoms with Gasteiger partial charge in [0.25, 0.3) is 0 Å². The quantitative estimate of drug-likeness (QED) is 0.904. The van der Waals surface area contributed by atoms with Crippen LogP contribution >= 0.6 is 0 Å². The summed E-state index contributed by atoms with van der Waals surface area (Å²) in [4.78, 5) is 2.50. The fourth-order valence-electron chi connectivity index (χ4n) is 3.10. The van der Waals surface area contributed by atoms with Crippen LogP contribution in [-0.2, 0) is 6.42 Å². The molecular formula is C16H24N2O. The van der Waals surface area contributed by atoms with Crippen LogP contribution in [0.3, 0.4) is 0 Å². The van der Waals surface area contributed by atoms with E-state index in [9.17, 15) is 0 Å². The molecule has 0 aliphatic carbocycles. The van der Waals surface area contributed by atoms with Gasteiger partial charge in [-0.05, 0) is 44.4 Å². The summed E-state index contributed by atoms with van der Waals surface area (Å²) in [6.07, 6.45) is 3.35. The third-order valence-corrected chi connectivity index (χ3v) is 4.53. The van der Waals surface area contributed by atoms with E-state index < -0.39 is 0 Å². The van der Waals surface area contributed by atoms with Gasteiger partial charge in [0.15, 0.2) is 0 Å². The Morgan fingerprint density at radius 1 is 1.32 bits per heavy atom. The van der Waals surface area contributed by atoms with Crippen LogP contribution in [0.25, 0.3) is 0 Å². The van der Waals surface area contributed by atoms with Gasteiger partial charge < -0.3 is 15.0 Å². The zero-order chi connectivity index (χ0) is 13.3. The van der Waals surface area contributed by atoms with Gasteiger partial charge in [0.1, 0.15) is 11.4 Å². The summed E-state index contributed by atoms with van der Waals surface area (Å²) >= 11 is 0. The van der Waals surface area contributed by atoms with E-state index in [1.54, 1.807) is 0 Å². The lowest BCUT2D eigenvalue weighted by atomic mass is 9.93. The maximum Gasteiger partial charge on any atom is 0.143 e. The molecule has 104 valence electrons. The topological polar surface area (TPSA) is 24.5 Å². The molecule has 0 amide bonds. The molecule has 0 radical (unpaired) electrons. The third kappa shape index (κ3) is 2.57. The second kappa shape index (κ2) is 5.04. The first-order chi connectivity index (χ1) is 9.20. The van der Waals surface area contributed by atoms with Crippen molar-refractivity contribution in [1.82, 2.24) is 4.90 Å². The van der Waals surface area contributed by atoms with E-state index in [2.05, 4.69) is 42.3 Å². The number of para-hydroxylation sites is 1. The number of benzene rings is 1. The van der Waals surface area contributed by atoms with Crippen molar-refractivity contribution in [3.05, 3.63) is 23.8 Å². The molecule has 3 nitrogen and oxygen atoms in total. The van der Waals surface area contributed by atoms with Crippen LogP contribution in [0.2, 0.25) is 0 Å². The van der Waals surface area contributed by atoms with E-state index >= 15 is 0 Å². The highest BCUT2D eigenvalue weighted by Gasteiger charge is 2.32. The zero-order valence-electron chi connectivity index (χ0n) is 12.0. The molecule has 2 aliphatic rings. The Hall–Kier alpha value is -1.22. The number of hydrogen-bond donors (Lipinski definition) is 1. The third-order valence-electron chi connectivity index (χ3n) is 4.53. The number of anilines is 1. The van der Waals surface area contributed by atoms with Crippen molar-refractivity contribution in [2.75, 3.05) is 31.5 Å². The van der Waals surface area contributed by atoms with Gasteiger partial charge in [0.2, 0.25) is 0 Å². The Kier molecular flexibility index (Phi) is 3.40. The minimum Gasteiger partial charge on any atom is -0.485 e. The fourth-order valence-corrected chi connectivity index (χ4v) is 3.10. The molecule has 0 spiro atoms. The monoisotopic (exact) mass is 260 g/mol. The van der Waals surface area contributed by atoms with E-state index in [0.717, 1.165) is 51.2 Å². The van der Waals surface area contributed by atoms with Crippen LogP contribution in [0.4, 0.5) is 5.69 Å². The smallest absolute Gasteiger partial charge is 0.143 e. The predicted octanol–water partition coefficient (Wildman–Crippen LogP) is 2.91. The summed E-state index contributed by atoms with van der Waals surface area (Å²) in [5.74, 6) is 1.04. The lowest BCUT2D eigenvalue weighted by molar-refractivity contribution is 0.0189. The molecule has 0 saturated carbocycles. The number of piperidine rings is 1. The van der Waals surface area contributed by atoms with Gasteiger partial charge in [-0.15, -0.1) is 0 Å². The number of ether oxygens (including phenoxy) is 1. The molecule has 1 aromatic rings. The summed E-state index contributed by atoms with van der Waals surface area (Å²) in [6, 6.07) is 6.42. The van der Waals surface area contributed by atoms with Crippen LogP contribution in [0.15, 0.2) is 18.2 Å². The van der Waals surface area contributed by atoms with Gasteiger partial charge in [-0.25, -0.2) is 0 Å². The van der Waals surface area contributed by atoms with Crippen LogP contribution in [0, 0.1) is 0 Å². The largest absolute Gasteiger partial charge is 0.485 e. The molecule has 1 aromatic carbocycles. The second-order valence-corrected chi connectivity index (χ2v) is 5.95. The van der Waals surface area contributed by atoms with E-state index in [-0.39, 0.29) is 5.60 Å². The van der Waals surface area contributed by atoms with E-state index in [0.29, 0.717) is 0 Å².